The highest BCUT2D eigenvalue weighted by atomic mass is 16.2. The number of rotatable bonds is 7. The van der Waals surface area contributed by atoms with Crippen LogP contribution in [0.3, 0.4) is 0 Å². The standard InChI is InChI=1S/C17H27N3O/c1-6-13(4)14(5)18-19-17(21)15-9-11-16(12-10-15)20(7-2)8-3/h9-13H,6-8H2,1-5H3,(H,19,21)/b18-14-/t13-/m1/s1. The monoisotopic (exact) mass is 289 g/mol. The lowest BCUT2D eigenvalue weighted by Crippen LogP contribution is -2.23. The third-order valence-electron chi connectivity index (χ3n) is 3.92. The average Bonchev–Trinajstić information content (AvgIpc) is 2.53. The molecule has 0 aliphatic carbocycles. The molecule has 1 amide bonds. The highest BCUT2D eigenvalue weighted by molar-refractivity contribution is 5.95. The fourth-order valence-electron chi connectivity index (χ4n) is 2.02. The molecule has 0 unspecified atom stereocenters. The second kappa shape index (κ2) is 8.45. The number of carbonyl (C=O) groups excluding carboxylic acids is 1. The smallest absolute Gasteiger partial charge is 0.271 e. The van der Waals surface area contributed by atoms with Gasteiger partial charge in [0.25, 0.3) is 5.91 Å². The summed E-state index contributed by atoms with van der Waals surface area (Å²) in [6.07, 6.45) is 1.02. The summed E-state index contributed by atoms with van der Waals surface area (Å²) in [5, 5.41) is 4.17. The normalized spacial score (nSPS) is 12.9. The van der Waals surface area contributed by atoms with E-state index in [2.05, 4.69) is 43.1 Å². The minimum Gasteiger partial charge on any atom is -0.372 e. The number of hydrogen-bond donors (Lipinski definition) is 1. The Kier molecular flexibility index (Phi) is 6.92. The molecule has 1 aromatic rings. The van der Waals surface area contributed by atoms with Crippen LogP contribution < -0.4 is 10.3 Å². The van der Waals surface area contributed by atoms with Gasteiger partial charge in [0.2, 0.25) is 0 Å². The molecule has 1 rings (SSSR count). The lowest BCUT2D eigenvalue weighted by atomic mass is 10.1. The van der Waals surface area contributed by atoms with E-state index < -0.39 is 0 Å². The number of benzene rings is 1. The van der Waals surface area contributed by atoms with E-state index in [1.807, 2.05) is 31.2 Å². The third-order valence-corrected chi connectivity index (χ3v) is 3.92. The predicted octanol–water partition coefficient (Wildman–Crippen LogP) is 3.68. The molecule has 0 spiro atoms. The number of anilines is 1. The maximum atomic E-state index is 12.0. The van der Waals surface area contributed by atoms with Crippen LogP contribution in [0.1, 0.15) is 51.4 Å². The Labute approximate surface area is 128 Å². The number of nitrogens with one attached hydrogen (secondary N) is 1. The first-order valence-electron chi connectivity index (χ1n) is 7.72. The summed E-state index contributed by atoms with van der Waals surface area (Å²) in [4.78, 5) is 14.3. The van der Waals surface area contributed by atoms with Gasteiger partial charge in [-0.05, 0) is 57.4 Å². The van der Waals surface area contributed by atoms with Gasteiger partial charge in [-0.25, -0.2) is 5.43 Å². The van der Waals surface area contributed by atoms with Gasteiger partial charge in [-0.3, -0.25) is 4.79 Å². The lowest BCUT2D eigenvalue weighted by molar-refractivity contribution is 0.0954. The highest BCUT2D eigenvalue weighted by Gasteiger charge is 2.08. The van der Waals surface area contributed by atoms with Gasteiger partial charge in [0.15, 0.2) is 0 Å². The molecule has 0 saturated carbocycles. The van der Waals surface area contributed by atoms with Gasteiger partial charge in [0.1, 0.15) is 0 Å². The zero-order valence-electron chi connectivity index (χ0n) is 13.8. The number of nitrogens with zero attached hydrogens (tertiary/aromatic N) is 2. The second-order valence-corrected chi connectivity index (χ2v) is 5.22. The minimum absolute atomic E-state index is 0.163. The molecule has 0 radical (unpaired) electrons. The second-order valence-electron chi connectivity index (χ2n) is 5.22. The molecule has 0 heterocycles. The number of amides is 1. The fraction of sp³-hybridized carbons (Fsp3) is 0.529. The van der Waals surface area contributed by atoms with E-state index in [1.165, 1.54) is 0 Å². The Morgan fingerprint density at radius 1 is 1.19 bits per heavy atom. The molecule has 4 heteroatoms. The van der Waals surface area contributed by atoms with Crippen molar-refractivity contribution in [2.75, 3.05) is 18.0 Å². The van der Waals surface area contributed by atoms with Crippen molar-refractivity contribution in [1.29, 1.82) is 0 Å². The molecular formula is C17H27N3O. The zero-order valence-corrected chi connectivity index (χ0v) is 13.8. The lowest BCUT2D eigenvalue weighted by Gasteiger charge is -2.20. The highest BCUT2D eigenvalue weighted by Crippen LogP contribution is 2.14. The van der Waals surface area contributed by atoms with Crippen molar-refractivity contribution in [3.63, 3.8) is 0 Å². The number of hydrogen-bond acceptors (Lipinski definition) is 3. The molecule has 1 aromatic carbocycles. The number of carbonyl (C=O) groups is 1. The molecule has 0 aliphatic heterocycles. The van der Waals surface area contributed by atoms with Crippen molar-refractivity contribution >= 4 is 17.3 Å². The molecule has 21 heavy (non-hydrogen) atoms. The minimum atomic E-state index is -0.163. The van der Waals surface area contributed by atoms with E-state index in [0.717, 1.165) is 30.9 Å². The van der Waals surface area contributed by atoms with Crippen LogP contribution in [0.4, 0.5) is 5.69 Å². The van der Waals surface area contributed by atoms with Gasteiger partial charge in [0, 0.05) is 30.1 Å². The summed E-state index contributed by atoms with van der Waals surface area (Å²) < 4.78 is 0. The van der Waals surface area contributed by atoms with Crippen molar-refractivity contribution in [3.8, 4) is 0 Å². The SMILES string of the molecule is CC[C@@H](C)/C(C)=N\NC(=O)c1ccc(N(CC)CC)cc1. The van der Waals surface area contributed by atoms with Crippen LogP contribution in [-0.4, -0.2) is 24.7 Å². The average molecular weight is 289 g/mol. The van der Waals surface area contributed by atoms with E-state index in [-0.39, 0.29) is 5.91 Å². The van der Waals surface area contributed by atoms with Crippen molar-refractivity contribution < 1.29 is 4.79 Å². The van der Waals surface area contributed by atoms with Crippen LogP contribution in [0.25, 0.3) is 0 Å². The first-order chi connectivity index (χ1) is 10.0. The molecule has 0 bridgehead atoms. The Morgan fingerprint density at radius 3 is 2.24 bits per heavy atom. The molecule has 116 valence electrons. The van der Waals surface area contributed by atoms with Gasteiger partial charge in [-0.1, -0.05) is 13.8 Å². The maximum absolute atomic E-state index is 12.0. The molecular weight excluding hydrogens is 262 g/mol. The van der Waals surface area contributed by atoms with Crippen molar-refractivity contribution in [1.82, 2.24) is 5.43 Å². The Balaban J connectivity index is 2.72. The van der Waals surface area contributed by atoms with E-state index in [0.29, 0.717) is 11.5 Å². The molecule has 0 aliphatic rings. The topological polar surface area (TPSA) is 44.7 Å². The van der Waals surface area contributed by atoms with Crippen molar-refractivity contribution in [3.05, 3.63) is 29.8 Å². The van der Waals surface area contributed by atoms with Crippen molar-refractivity contribution in [2.24, 2.45) is 11.0 Å². The maximum Gasteiger partial charge on any atom is 0.271 e. The van der Waals surface area contributed by atoms with Crippen LogP contribution in [-0.2, 0) is 0 Å². The zero-order chi connectivity index (χ0) is 15.8. The molecule has 0 fully saturated rings. The Morgan fingerprint density at radius 2 is 1.76 bits per heavy atom. The van der Waals surface area contributed by atoms with Gasteiger partial charge in [-0.15, -0.1) is 0 Å². The first kappa shape index (κ1) is 17.2. The quantitative estimate of drug-likeness (QED) is 0.614. The fourth-order valence-corrected chi connectivity index (χ4v) is 2.02. The van der Waals surface area contributed by atoms with Gasteiger partial charge >= 0.3 is 0 Å². The predicted molar refractivity (Wildman–Crippen MR) is 90.0 cm³/mol. The third kappa shape index (κ3) is 4.88. The van der Waals surface area contributed by atoms with Gasteiger partial charge in [-0.2, -0.15) is 5.10 Å². The van der Waals surface area contributed by atoms with Crippen LogP contribution in [0, 0.1) is 5.92 Å². The summed E-state index contributed by atoms with van der Waals surface area (Å²) in [6, 6.07) is 7.65. The van der Waals surface area contributed by atoms with E-state index in [9.17, 15) is 4.79 Å². The summed E-state index contributed by atoms with van der Waals surface area (Å²) in [5.41, 5.74) is 5.34. The van der Waals surface area contributed by atoms with Crippen molar-refractivity contribution in [2.45, 2.75) is 41.0 Å². The van der Waals surface area contributed by atoms with Crippen LogP contribution in [0.5, 0.6) is 0 Å². The van der Waals surface area contributed by atoms with Crippen LogP contribution in [0.15, 0.2) is 29.4 Å². The summed E-state index contributed by atoms with van der Waals surface area (Å²) in [6.45, 7) is 12.3. The summed E-state index contributed by atoms with van der Waals surface area (Å²) in [7, 11) is 0. The van der Waals surface area contributed by atoms with E-state index in [4.69, 9.17) is 0 Å². The molecule has 1 N–H and O–H groups in total. The van der Waals surface area contributed by atoms with E-state index >= 15 is 0 Å². The first-order valence-corrected chi connectivity index (χ1v) is 7.72. The van der Waals surface area contributed by atoms with Gasteiger partial charge < -0.3 is 4.90 Å². The Hall–Kier alpha value is -1.84. The number of hydrazone groups is 1. The van der Waals surface area contributed by atoms with Gasteiger partial charge in [0.05, 0.1) is 0 Å². The van der Waals surface area contributed by atoms with E-state index in [1.54, 1.807) is 0 Å². The van der Waals surface area contributed by atoms with Crippen LogP contribution in [0.2, 0.25) is 0 Å². The molecule has 0 saturated heterocycles. The largest absolute Gasteiger partial charge is 0.372 e. The Bertz CT molecular complexity index is 475. The summed E-state index contributed by atoms with van der Waals surface area (Å²) >= 11 is 0. The van der Waals surface area contributed by atoms with Crippen LogP contribution >= 0.6 is 0 Å². The molecule has 1 atom stereocenters. The molecule has 4 nitrogen and oxygen atoms in total. The summed E-state index contributed by atoms with van der Waals surface area (Å²) in [5.74, 6) is 0.221. The molecule has 0 aromatic heterocycles.